The highest BCUT2D eigenvalue weighted by atomic mass is 35.5. The molecule has 1 N–H and O–H groups in total. The first-order valence-corrected chi connectivity index (χ1v) is 8.95. The van der Waals surface area contributed by atoms with Crippen molar-refractivity contribution in [3.8, 4) is 0 Å². The molecule has 1 aliphatic rings. The quantitative estimate of drug-likeness (QED) is 0.454. The Hall–Kier alpha value is -2.09. The van der Waals surface area contributed by atoms with E-state index in [1.807, 2.05) is 0 Å². The Bertz CT molecular complexity index is 834. The zero-order valence-electron chi connectivity index (χ0n) is 15.7. The number of likely N-dealkylation sites (N-methyl/N-ethyl adjacent to an activating group) is 1. The number of amides is 3. The number of imide groups is 1. The van der Waals surface area contributed by atoms with Crippen LogP contribution in [0.3, 0.4) is 0 Å². The molecule has 1 unspecified atom stereocenters. The van der Waals surface area contributed by atoms with Crippen LogP contribution in [0.4, 0.5) is 11.4 Å². The molecular weight excluding hydrogens is 393 g/mol. The summed E-state index contributed by atoms with van der Waals surface area (Å²) in [6.07, 6.45) is 0.0242. The van der Waals surface area contributed by atoms with Gasteiger partial charge in [-0.05, 0) is 32.9 Å². The number of benzene rings is 1. The standard InChI is InChI=1S/C18H21Cl2N3O4/c1-9(2)11-6-16(24)23(18(11)26)15-8-14(12(19)7-13(15)20)21-10(3)17(25)22(4)27-5/h7-8,10,21H,6H2,1-5H3. The topological polar surface area (TPSA) is 79.0 Å². The van der Waals surface area contributed by atoms with Gasteiger partial charge in [-0.3, -0.25) is 19.2 Å². The molecule has 3 amide bonds. The van der Waals surface area contributed by atoms with Crippen molar-refractivity contribution in [2.75, 3.05) is 24.4 Å². The van der Waals surface area contributed by atoms with Crippen LogP contribution in [0.25, 0.3) is 0 Å². The average Bonchev–Trinajstić information content (AvgIpc) is 2.90. The van der Waals surface area contributed by atoms with Crippen LogP contribution >= 0.6 is 23.2 Å². The van der Waals surface area contributed by atoms with E-state index in [4.69, 9.17) is 28.0 Å². The van der Waals surface area contributed by atoms with Gasteiger partial charge in [0.25, 0.3) is 11.8 Å². The van der Waals surface area contributed by atoms with E-state index in [9.17, 15) is 14.4 Å². The number of anilines is 2. The maximum absolute atomic E-state index is 12.6. The number of carbonyl (C=O) groups excluding carboxylic acids is 3. The molecule has 0 radical (unpaired) electrons. The molecule has 1 aromatic carbocycles. The van der Waals surface area contributed by atoms with Gasteiger partial charge in [-0.25, -0.2) is 9.96 Å². The summed E-state index contributed by atoms with van der Waals surface area (Å²) >= 11 is 12.5. The third-order valence-electron chi connectivity index (χ3n) is 4.25. The Balaban J connectivity index is 2.39. The van der Waals surface area contributed by atoms with Crippen molar-refractivity contribution in [2.24, 2.45) is 0 Å². The normalized spacial score (nSPS) is 15.2. The maximum atomic E-state index is 12.6. The lowest BCUT2D eigenvalue weighted by Gasteiger charge is -2.22. The van der Waals surface area contributed by atoms with Gasteiger partial charge in [-0.15, -0.1) is 0 Å². The molecule has 1 aliphatic heterocycles. The van der Waals surface area contributed by atoms with Gasteiger partial charge in [-0.2, -0.15) is 0 Å². The van der Waals surface area contributed by atoms with Crippen LogP contribution in [0.5, 0.6) is 0 Å². The van der Waals surface area contributed by atoms with E-state index in [0.29, 0.717) is 11.3 Å². The first-order valence-electron chi connectivity index (χ1n) is 8.19. The van der Waals surface area contributed by atoms with Crippen LogP contribution in [-0.2, 0) is 19.2 Å². The predicted octanol–water partition coefficient (Wildman–Crippen LogP) is 3.41. The minimum absolute atomic E-state index is 0.0242. The summed E-state index contributed by atoms with van der Waals surface area (Å²) in [5.41, 5.74) is 1.81. The third kappa shape index (κ3) is 4.26. The maximum Gasteiger partial charge on any atom is 0.268 e. The largest absolute Gasteiger partial charge is 0.373 e. The van der Waals surface area contributed by atoms with Crippen LogP contribution in [0.1, 0.15) is 27.2 Å². The smallest absolute Gasteiger partial charge is 0.268 e. The monoisotopic (exact) mass is 413 g/mol. The highest BCUT2D eigenvalue weighted by Crippen LogP contribution is 2.38. The number of halogens is 2. The van der Waals surface area contributed by atoms with Crippen molar-refractivity contribution in [3.05, 3.63) is 33.3 Å². The molecule has 2 rings (SSSR count). The third-order valence-corrected chi connectivity index (χ3v) is 4.86. The summed E-state index contributed by atoms with van der Waals surface area (Å²) in [6.45, 7) is 5.19. The Kier molecular flexibility index (Phi) is 6.51. The highest BCUT2D eigenvalue weighted by molar-refractivity contribution is 6.40. The number of rotatable bonds is 5. The summed E-state index contributed by atoms with van der Waals surface area (Å²) in [5.74, 6) is -1.10. The fourth-order valence-electron chi connectivity index (χ4n) is 2.67. The molecule has 1 fully saturated rings. The van der Waals surface area contributed by atoms with Crippen LogP contribution in [0, 0.1) is 0 Å². The Labute approximate surface area is 167 Å². The van der Waals surface area contributed by atoms with Crippen LogP contribution in [0.2, 0.25) is 10.0 Å². The van der Waals surface area contributed by atoms with Gasteiger partial charge in [-0.1, -0.05) is 28.8 Å². The molecule has 1 aromatic rings. The molecule has 0 saturated carbocycles. The van der Waals surface area contributed by atoms with E-state index >= 15 is 0 Å². The summed E-state index contributed by atoms with van der Waals surface area (Å²) in [4.78, 5) is 43.1. The fourth-order valence-corrected chi connectivity index (χ4v) is 3.19. The van der Waals surface area contributed by atoms with Gasteiger partial charge in [0, 0.05) is 12.6 Å². The van der Waals surface area contributed by atoms with Crippen molar-refractivity contribution in [3.63, 3.8) is 0 Å². The summed E-state index contributed by atoms with van der Waals surface area (Å²) < 4.78 is 0. The lowest BCUT2D eigenvalue weighted by atomic mass is 10.1. The van der Waals surface area contributed by atoms with Crippen molar-refractivity contribution >= 4 is 52.3 Å². The molecule has 7 nitrogen and oxygen atoms in total. The number of carbonyl (C=O) groups is 3. The number of hydrogen-bond donors (Lipinski definition) is 1. The minimum Gasteiger partial charge on any atom is -0.373 e. The molecule has 1 heterocycles. The van der Waals surface area contributed by atoms with Crippen LogP contribution in [-0.4, -0.2) is 43.0 Å². The molecule has 0 aliphatic carbocycles. The number of hydrogen-bond acceptors (Lipinski definition) is 5. The van der Waals surface area contributed by atoms with Gasteiger partial charge in [0.1, 0.15) is 6.04 Å². The second-order valence-corrected chi connectivity index (χ2v) is 7.17. The van der Waals surface area contributed by atoms with Crippen molar-refractivity contribution in [1.29, 1.82) is 0 Å². The van der Waals surface area contributed by atoms with E-state index in [1.165, 1.54) is 26.3 Å². The van der Waals surface area contributed by atoms with E-state index in [2.05, 4.69) is 5.32 Å². The van der Waals surface area contributed by atoms with E-state index in [-0.39, 0.29) is 34.0 Å². The molecule has 9 heteroatoms. The number of allylic oxidation sites excluding steroid dienone is 1. The molecular formula is C18H21Cl2N3O4. The Morgan fingerprint density at radius 3 is 2.41 bits per heavy atom. The number of hydroxylamine groups is 2. The summed E-state index contributed by atoms with van der Waals surface area (Å²) in [6, 6.07) is 2.25. The van der Waals surface area contributed by atoms with Crippen molar-refractivity contribution in [2.45, 2.75) is 33.2 Å². The Morgan fingerprint density at radius 2 is 1.89 bits per heavy atom. The van der Waals surface area contributed by atoms with Gasteiger partial charge >= 0.3 is 0 Å². The lowest BCUT2D eigenvalue weighted by Crippen LogP contribution is -2.38. The molecule has 146 valence electrons. The second kappa shape index (κ2) is 8.29. The minimum atomic E-state index is -0.667. The molecule has 27 heavy (non-hydrogen) atoms. The molecule has 0 bridgehead atoms. The molecule has 0 spiro atoms. The average molecular weight is 414 g/mol. The van der Waals surface area contributed by atoms with Gasteiger partial charge in [0.15, 0.2) is 0 Å². The number of nitrogens with zero attached hydrogens (tertiary/aromatic N) is 2. The molecule has 1 saturated heterocycles. The van der Waals surface area contributed by atoms with E-state index in [1.54, 1.807) is 20.8 Å². The molecule has 1 atom stereocenters. The van der Waals surface area contributed by atoms with Crippen molar-refractivity contribution < 1.29 is 19.2 Å². The first-order chi connectivity index (χ1) is 12.6. The van der Waals surface area contributed by atoms with Crippen molar-refractivity contribution in [1.82, 2.24) is 5.06 Å². The summed E-state index contributed by atoms with van der Waals surface area (Å²) in [5, 5.41) is 4.45. The van der Waals surface area contributed by atoms with E-state index < -0.39 is 11.9 Å². The first kappa shape index (κ1) is 21.2. The van der Waals surface area contributed by atoms with Crippen LogP contribution in [0.15, 0.2) is 23.3 Å². The van der Waals surface area contributed by atoms with E-state index in [0.717, 1.165) is 15.5 Å². The number of nitrogens with one attached hydrogen (secondary N) is 1. The van der Waals surface area contributed by atoms with Gasteiger partial charge in [0.2, 0.25) is 5.91 Å². The lowest BCUT2D eigenvalue weighted by molar-refractivity contribution is -0.169. The van der Waals surface area contributed by atoms with Gasteiger partial charge < -0.3 is 5.32 Å². The zero-order valence-corrected chi connectivity index (χ0v) is 17.2. The second-order valence-electron chi connectivity index (χ2n) is 6.36. The SMILES string of the molecule is CON(C)C(=O)C(C)Nc1cc(N2C(=O)CC(=C(C)C)C2=O)c(Cl)cc1Cl. The molecule has 0 aromatic heterocycles. The van der Waals surface area contributed by atoms with Gasteiger partial charge in [0.05, 0.1) is 35.0 Å². The Morgan fingerprint density at radius 1 is 1.26 bits per heavy atom. The fraction of sp³-hybridized carbons (Fsp3) is 0.389. The predicted molar refractivity (Wildman–Crippen MR) is 105 cm³/mol. The zero-order chi connectivity index (χ0) is 20.5. The van der Waals surface area contributed by atoms with Crippen LogP contribution < -0.4 is 10.2 Å². The highest BCUT2D eigenvalue weighted by Gasteiger charge is 2.37. The summed E-state index contributed by atoms with van der Waals surface area (Å²) in [7, 11) is 2.86.